The molecule has 0 fully saturated rings. The van der Waals surface area contributed by atoms with Gasteiger partial charge in [0.2, 0.25) is 5.95 Å². The van der Waals surface area contributed by atoms with E-state index in [4.69, 9.17) is 0 Å². The van der Waals surface area contributed by atoms with Crippen molar-refractivity contribution in [2.24, 2.45) is 0 Å². The Hall–Kier alpha value is -2.30. The van der Waals surface area contributed by atoms with Gasteiger partial charge in [0.15, 0.2) is 0 Å². The first-order chi connectivity index (χ1) is 10.8. The maximum atomic E-state index is 12.3. The number of aromatic nitrogens is 2. The van der Waals surface area contributed by atoms with Gasteiger partial charge in [-0.3, -0.25) is 9.78 Å². The lowest BCUT2D eigenvalue weighted by Gasteiger charge is -2.26. The number of hydrogen-bond donors (Lipinski definition) is 1. The monoisotopic (exact) mass is 314 g/mol. The van der Waals surface area contributed by atoms with Crippen LogP contribution in [0.25, 0.3) is 0 Å². The molecule has 124 valence electrons. The largest absolute Gasteiger partial charge is 0.346 e. The molecule has 23 heavy (non-hydrogen) atoms. The van der Waals surface area contributed by atoms with Crippen molar-refractivity contribution in [3.05, 3.63) is 44.7 Å². The number of aryl methyl sites for hydroxylation is 3. The highest BCUT2D eigenvalue weighted by Gasteiger charge is 2.17. The van der Waals surface area contributed by atoms with E-state index < -0.39 is 0 Å². The molecule has 0 bridgehead atoms. The lowest BCUT2D eigenvalue weighted by molar-refractivity contribution is 0.880. The van der Waals surface area contributed by atoms with Gasteiger partial charge in [-0.25, -0.2) is 0 Å². The first-order valence-electron chi connectivity index (χ1n) is 7.89. The molecule has 0 aliphatic heterocycles. The predicted molar refractivity (Wildman–Crippen MR) is 97.3 cm³/mol. The van der Waals surface area contributed by atoms with Gasteiger partial charge >= 0.3 is 0 Å². The molecule has 0 aliphatic rings. The summed E-state index contributed by atoms with van der Waals surface area (Å²) in [6, 6.07) is 4.31. The summed E-state index contributed by atoms with van der Waals surface area (Å²) >= 11 is 0. The van der Waals surface area contributed by atoms with Gasteiger partial charge in [0.05, 0.1) is 5.56 Å². The van der Waals surface area contributed by atoms with Crippen molar-refractivity contribution >= 4 is 17.5 Å². The van der Waals surface area contributed by atoms with Crippen LogP contribution in [0.5, 0.6) is 0 Å². The Morgan fingerprint density at radius 3 is 2.17 bits per heavy atom. The number of hydrogen-bond acceptors (Lipinski definition) is 4. The van der Waals surface area contributed by atoms with Crippen molar-refractivity contribution in [1.82, 2.24) is 9.97 Å². The van der Waals surface area contributed by atoms with E-state index in [1.165, 1.54) is 16.7 Å². The van der Waals surface area contributed by atoms with Crippen LogP contribution in [-0.2, 0) is 0 Å². The zero-order valence-electron chi connectivity index (χ0n) is 15.1. The zero-order chi connectivity index (χ0) is 17.3. The van der Waals surface area contributed by atoms with E-state index >= 15 is 0 Å². The molecule has 2 rings (SSSR count). The first-order valence-corrected chi connectivity index (χ1v) is 7.89. The molecule has 0 saturated carbocycles. The second-order valence-corrected chi connectivity index (χ2v) is 6.16. The first kappa shape index (κ1) is 17.1. The summed E-state index contributed by atoms with van der Waals surface area (Å²) in [6.07, 6.45) is 0. The van der Waals surface area contributed by atoms with Gasteiger partial charge in [-0.2, -0.15) is 4.98 Å². The lowest BCUT2D eigenvalue weighted by Crippen LogP contribution is -2.27. The summed E-state index contributed by atoms with van der Waals surface area (Å²) in [5.41, 5.74) is 5.22. The Kier molecular flexibility index (Phi) is 4.78. The number of aromatic amines is 1. The van der Waals surface area contributed by atoms with Gasteiger partial charge in [-0.1, -0.05) is 17.7 Å². The molecule has 5 nitrogen and oxygen atoms in total. The lowest BCUT2D eigenvalue weighted by atomic mass is 10.0. The summed E-state index contributed by atoms with van der Waals surface area (Å²) in [6.45, 7) is 10.9. The van der Waals surface area contributed by atoms with Gasteiger partial charge < -0.3 is 9.80 Å². The van der Waals surface area contributed by atoms with Crippen molar-refractivity contribution in [3.8, 4) is 0 Å². The van der Waals surface area contributed by atoms with E-state index in [0.717, 1.165) is 12.2 Å². The molecule has 0 aliphatic carbocycles. The summed E-state index contributed by atoms with van der Waals surface area (Å²) in [5.74, 6) is 1.28. The van der Waals surface area contributed by atoms with E-state index in [-0.39, 0.29) is 5.56 Å². The highest BCUT2D eigenvalue weighted by Crippen LogP contribution is 2.31. The van der Waals surface area contributed by atoms with Gasteiger partial charge in [-0.15, -0.1) is 0 Å². The van der Waals surface area contributed by atoms with E-state index in [0.29, 0.717) is 17.3 Å². The van der Waals surface area contributed by atoms with Crippen molar-refractivity contribution in [2.75, 3.05) is 30.4 Å². The van der Waals surface area contributed by atoms with E-state index in [1.54, 1.807) is 0 Å². The fourth-order valence-electron chi connectivity index (χ4n) is 2.97. The van der Waals surface area contributed by atoms with Gasteiger partial charge in [0, 0.05) is 26.3 Å². The SMILES string of the molecule is CCN(C)c1nc(N(C)c2c(C)cc(C)cc2C)c(C)c(=O)[nH]1. The van der Waals surface area contributed by atoms with Crippen LogP contribution in [0, 0.1) is 27.7 Å². The van der Waals surface area contributed by atoms with E-state index in [1.807, 2.05) is 37.7 Å². The fourth-order valence-corrected chi connectivity index (χ4v) is 2.97. The molecule has 0 saturated heterocycles. The van der Waals surface area contributed by atoms with Crippen LogP contribution >= 0.6 is 0 Å². The van der Waals surface area contributed by atoms with E-state index in [9.17, 15) is 4.79 Å². The molecular weight excluding hydrogens is 288 g/mol. The minimum Gasteiger partial charge on any atom is -0.346 e. The van der Waals surface area contributed by atoms with Crippen LogP contribution in [0.3, 0.4) is 0 Å². The van der Waals surface area contributed by atoms with Crippen molar-refractivity contribution in [2.45, 2.75) is 34.6 Å². The molecular formula is C18H26N4O. The molecule has 1 aromatic carbocycles. The number of nitrogens with zero attached hydrogens (tertiary/aromatic N) is 3. The summed E-state index contributed by atoms with van der Waals surface area (Å²) in [5, 5.41) is 0. The van der Waals surface area contributed by atoms with Crippen LogP contribution in [0.1, 0.15) is 29.2 Å². The van der Waals surface area contributed by atoms with Crippen LogP contribution in [0.4, 0.5) is 17.5 Å². The molecule has 0 atom stereocenters. The summed E-state index contributed by atoms with van der Waals surface area (Å²) in [7, 11) is 3.88. The summed E-state index contributed by atoms with van der Waals surface area (Å²) in [4.78, 5) is 23.8. The molecule has 1 N–H and O–H groups in total. The molecule has 1 aromatic heterocycles. The van der Waals surface area contributed by atoms with Crippen LogP contribution in [-0.4, -0.2) is 30.6 Å². The third-order valence-electron chi connectivity index (χ3n) is 4.24. The number of rotatable bonds is 4. The third kappa shape index (κ3) is 3.23. The Morgan fingerprint density at radius 1 is 1.09 bits per heavy atom. The Balaban J connectivity index is 2.62. The normalized spacial score (nSPS) is 10.7. The molecule has 2 aromatic rings. The average molecular weight is 314 g/mol. The Morgan fingerprint density at radius 2 is 1.65 bits per heavy atom. The number of anilines is 3. The summed E-state index contributed by atoms with van der Waals surface area (Å²) < 4.78 is 0. The van der Waals surface area contributed by atoms with Crippen molar-refractivity contribution in [1.29, 1.82) is 0 Å². The highest BCUT2D eigenvalue weighted by atomic mass is 16.1. The molecule has 0 spiro atoms. The molecule has 0 radical (unpaired) electrons. The second-order valence-electron chi connectivity index (χ2n) is 6.16. The Labute approximate surface area is 138 Å². The van der Waals surface area contributed by atoms with Crippen LogP contribution in [0.2, 0.25) is 0 Å². The minimum absolute atomic E-state index is 0.0976. The predicted octanol–water partition coefficient (Wildman–Crippen LogP) is 3.23. The fraction of sp³-hybridized carbons (Fsp3) is 0.444. The average Bonchev–Trinajstić information content (AvgIpc) is 2.47. The minimum atomic E-state index is -0.0976. The Bertz CT molecular complexity index is 756. The number of nitrogens with one attached hydrogen (secondary N) is 1. The van der Waals surface area contributed by atoms with E-state index in [2.05, 4.69) is 42.9 Å². The quantitative estimate of drug-likeness (QED) is 0.941. The number of benzene rings is 1. The maximum Gasteiger partial charge on any atom is 0.257 e. The van der Waals surface area contributed by atoms with Crippen molar-refractivity contribution in [3.63, 3.8) is 0 Å². The molecule has 0 unspecified atom stereocenters. The molecule has 1 heterocycles. The maximum absolute atomic E-state index is 12.3. The molecule has 0 amide bonds. The van der Waals surface area contributed by atoms with Gasteiger partial charge in [0.1, 0.15) is 5.82 Å². The standard InChI is InChI=1S/C18H26N4O/c1-8-21(6)18-19-16(14(5)17(23)20-18)22(7)15-12(3)9-11(2)10-13(15)4/h9-10H,8H2,1-7H3,(H,19,20,23). The molecule has 5 heteroatoms. The topological polar surface area (TPSA) is 52.2 Å². The van der Waals surface area contributed by atoms with Crippen LogP contribution in [0.15, 0.2) is 16.9 Å². The van der Waals surface area contributed by atoms with Crippen LogP contribution < -0.4 is 15.4 Å². The third-order valence-corrected chi connectivity index (χ3v) is 4.24. The smallest absolute Gasteiger partial charge is 0.257 e. The van der Waals surface area contributed by atoms with Gasteiger partial charge in [-0.05, 0) is 45.7 Å². The van der Waals surface area contributed by atoms with Crippen molar-refractivity contribution < 1.29 is 0 Å². The zero-order valence-corrected chi connectivity index (χ0v) is 15.1. The van der Waals surface area contributed by atoms with Gasteiger partial charge in [0.25, 0.3) is 5.56 Å². The highest BCUT2D eigenvalue weighted by molar-refractivity contribution is 5.69. The number of H-pyrrole nitrogens is 1. The second kappa shape index (κ2) is 6.44.